The molecule has 8 heteroatoms. The molecule has 0 unspecified atom stereocenters. The summed E-state index contributed by atoms with van der Waals surface area (Å²) in [6.07, 6.45) is 0.0763. The van der Waals surface area contributed by atoms with Crippen molar-refractivity contribution < 1.29 is 18.7 Å². The van der Waals surface area contributed by atoms with Gasteiger partial charge in [-0.15, -0.1) is 0 Å². The molecule has 0 radical (unpaired) electrons. The number of amidine groups is 1. The van der Waals surface area contributed by atoms with Crippen LogP contribution in [0.5, 0.6) is 0 Å². The molecule has 2 aromatic carbocycles. The van der Waals surface area contributed by atoms with E-state index in [1.54, 1.807) is 36.4 Å². The number of hydrogen-bond donors (Lipinski definition) is 1. The van der Waals surface area contributed by atoms with E-state index >= 15 is 0 Å². The average Bonchev–Trinajstić information content (AvgIpc) is 3.09. The fourth-order valence-corrected chi connectivity index (χ4v) is 5.13. The lowest BCUT2D eigenvalue weighted by Gasteiger charge is -2.35. The Morgan fingerprint density at radius 1 is 1.32 bits per heavy atom. The van der Waals surface area contributed by atoms with Crippen LogP contribution in [0.2, 0.25) is 0 Å². The lowest BCUT2D eigenvalue weighted by Crippen LogP contribution is -2.44. The van der Waals surface area contributed by atoms with Crippen LogP contribution in [0.3, 0.4) is 0 Å². The molecule has 2 aliphatic rings. The normalized spacial score (nSPS) is 26.3. The zero-order valence-corrected chi connectivity index (χ0v) is 17.0. The highest BCUT2D eigenvalue weighted by Gasteiger charge is 2.54. The van der Waals surface area contributed by atoms with E-state index < -0.39 is 17.5 Å². The first-order chi connectivity index (χ1) is 13.5. The number of aliphatic imine (C=N–C) groups is 1. The van der Waals surface area contributed by atoms with Crippen molar-refractivity contribution >= 4 is 45.1 Å². The van der Waals surface area contributed by atoms with Gasteiger partial charge in [0.1, 0.15) is 23.7 Å². The fourth-order valence-electron chi connectivity index (χ4n) is 3.57. The average molecular weight is 463 g/mol. The Kier molecular flexibility index (Phi) is 5.35. The van der Waals surface area contributed by atoms with Crippen LogP contribution in [-0.2, 0) is 15.1 Å². The number of carbonyl (C=O) groups is 2. The summed E-state index contributed by atoms with van der Waals surface area (Å²) in [6, 6.07) is 13.4. The minimum Gasteiger partial charge on any atom is -0.367 e. The second kappa shape index (κ2) is 7.77. The summed E-state index contributed by atoms with van der Waals surface area (Å²) in [4.78, 5) is 28.7. The topological polar surface area (TPSA) is 67.8 Å². The van der Waals surface area contributed by atoms with E-state index in [1.807, 2.05) is 6.07 Å². The van der Waals surface area contributed by atoms with E-state index in [4.69, 9.17) is 9.73 Å². The molecule has 4 rings (SSSR count). The standard InChI is InChI=1S/C20H16BrFN2O3S/c21-13-6-7-16(22)14(8-13)20-11-27-17(9-25)15(20)10-28-19(24-20)23-18(26)12-4-2-1-3-5-12/h1-9,15,17H,10-11H2,(H,23,24,26)/t15-,17-,20-/m0/s1. The second-order valence-corrected chi connectivity index (χ2v) is 8.54. The van der Waals surface area contributed by atoms with E-state index in [9.17, 15) is 14.0 Å². The van der Waals surface area contributed by atoms with Crippen LogP contribution in [0.15, 0.2) is 58.0 Å². The highest BCUT2D eigenvalue weighted by molar-refractivity contribution is 9.10. The zero-order valence-electron chi connectivity index (χ0n) is 14.6. The van der Waals surface area contributed by atoms with Crippen molar-refractivity contribution in [1.82, 2.24) is 5.32 Å². The summed E-state index contributed by atoms with van der Waals surface area (Å²) in [5.74, 6) is -0.562. The van der Waals surface area contributed by atoms with Crippen LogP contribution in [0, 0.1) is 11.7 Å². The molecule has 2 aliphatic heterocycles. The minimum absolute atomic E-state index is 0.0692. The molecule has 0 spiro atoms. The monoisotopic (exact) mass is 462 g/mol. The number of halogens is 2. The predicted molar refractivity (Wildman–Crippen MR) is 109 cm³/mol. The summed E-state index contributed by atoms with van der Waals surface area (Å²) >= 11 is 4.70. The largest absolute Gasteiger partial charge is 0.367 e. The minimum atomic E-state index is -1.07. The molecular formula is C20H16BrFN2O3S. The summed E-state index contributed by atoms with van der Waals surface area (Å²) < 4.78 is 21.1. The number of aldehydes is 1. The van der Waals surface area contributed by atoms with Gasteiger partial charge in [0.05, 0.1) is 6.61 Å². The lowest BCUT2D eigenvalue weighted by molar-refractivity contribution is -0.116. The zero-order chi connectivity index (χ0) is 19.7. The molecule has 1 fully saturated rings. The van der Waals surface area contributed by atoms with Crippen molar-refractivity contribution in [2.45, 2.75) is 11.6 Å². The van der Waals surface area contributed by atoms with Crippen LogP contribution in [-0.4, -0.2) is 35.8 Å². The predicted octanol–water partition coefficient (Wildman–Crippen LogP) is 3.53. The van der Waals surface area contributed by atoms with Gasteiger partial charge in [0, 0.05) is 27.3 Å². The molecule has 1 N–H and O–H groups in total. The Labute approximate surface area is 173 Å². The van der Waals surface area contributed by atoms with E-state index in [2.05, 4.69) is 21.2 Å². The van der Waals surface area contributed by atoms with Gasteiger partial charge in [-0.2, -0.15) is 0 Å². The number of carbonyl (C=O) groups excluding carboxylic acids is 2. The third-order valence-electron chi connectivity index (χ3n) is 4.99. The maximum atomic E-state index is 14.7. The number of rotatable bonds is 3. The molecular weight excluding hydrogens is 447 g/mol. The molecule has 1 saturated heterocycles. The van der Waals surface area contributed by atoms with Gasteiger partial charge in [0.15, 0.2) is 5.17 Å². The lowest BCUT2D eigenvalue weighted by atomic mass is 9.79. The summed E-state index contributed by atoms with van der Waals surface area (Å²) in [5, 5.41) is 3.19. The maximum Gasteiger partial charge on any atom is 0.257 e. The SMILES string of the molecule is O=C[C@@H]1OC[C@@]2(c3cc(Br)ccc3F)N=C(NC(=O)c3ccccc3)SC[C@@H]12. The van der Waals surface area contributed by atoms with Gasteiger partial charge in [0.2, 0.25) is 0 Å². The van der Waals surface area contributed by atoms with Crippen LogP contribution < -0.4 is 5.32 Å². The van der Waals surface area contributed by atoms with Crippen molar-refractivity contribution in [2.24, 2.45) is 10.9 Å². The van der Waals surface area contributed by atoms with Gasteiger partial charge in [-0.05, 0) is 30.3 Å². The summed E-state index contributed by atoms with van der Waals surface area (Å²) in [7, 11) is 0. The molecule has 0 saturated carbocycles. The van der Waals surface area contributed by atoms with Gasteiger partial charge < -0.3 is 14.8 Å². The Balaban J connectivity index is 1.73. The molecule has 5 nitrogen and oxygen atoms in total. The third kappa shape index (κ3) is 3.40. The highest BCUT2D eigenvalue weighted by atomic mass is 79.9. The molecule has 28 heavy (non-hydrogen) atoms. The Hall–Kier alpha value is -2.03. The number of ether oxygens (including phenoxy) is 1. The van der Waals surface area contributed by atoms with Gasteiger partial charge in [-0.3, -0.25) is 4.79 Å². The first-order valence-corrected chi connectivity index (χ1v) is 10.4. The maximum absolute atomic E-state index is 14.7. The number of thioether (sulfide) groups is 1. The van der Waals surface area contributed by atoms with Crippen molar-refractivity contribution in [1.29, 1.82) is 0 Å². The number of benzene rings is 2. The van der Waals surface area contributed by atoms with Crippen LogP contribution in [0.25, 0.3) is 0 Å². The summed E-state index contributed by atoms with van der Waals surface area (Å²) in [6.45, 7) is 0.0692. The van der Waals surface area contributed by atoms with Gasteiger partial charge >= 0.3 is 0 Å². The van der Waals surface area contributed by atoms with Crippen LogP contribution in [0.1, 0.15) is 15.9 Å². The number of amides is 1. The third-order valence-corrected chi connectivity index (χ3v) is 6.48. The molecule has 0 bridgehead atoms. The van der Waals surface area contributed by atoms with Crippen molar-refractivity contribution in [3.05, 3.63) is 69.9 Å². The van der Waals surface area contributed by atoms with Crippen molar-refractivity contribution in [3.63, 3.8) is 0 Å². The number of fused-ring (bicyclic) bond motifs is 1. The second-order valence-electron chi connectivity index (χ2n) is 6.61. The number of hydrogen-bond acceptors (Lipinski definition) is 5. The molecule has 144 valence electrons. The van der Waals surface area contributed by atoms with Crippen LogP contribution in [0.4, 0.5) is 4.39 Å². The molecule has 3 atom stereocenters. The molecule has 2 aromatic rings. The first-order valence-electron chi connectivity index (χ1n) is 8.65. The van der Waals surface area contributed by atoms with E-state index in [1.165, 1.54) is 17.8 Å². The Morgan fingerprint density at radius 3 is 2.86 bits per heavy atom. The summed E-state index contributed by atoms with van der Waals surface area (Å²) in [5.41, 5.74) is -0.212. The van der Waals surface area contributed by atoms with Crippen LogP contribution >= 0.6 is 27.7 Å². The first kappa shape index (κ1) is 19.3. The molecule has 0 aliphatic carbocycles. The van der Waals surface area contributed by atoms with E-state index in [0.717, 1.165) is 6.29 Å². The Bertz CT molecular complexity index is 956. The van der Waals surface area contributed by atoms with E-state index in [-0.39, 0.29) is 18.4 Å². The number of nitrogens with one attached hydrogen (secondary N) is 1. The fraction of sp³-hybridized carbons (Fsp3) is 0.250. The Morgan fingerprint density at radius 2 is 2.11 bits per heavy atom. The van der Waals surface area contributed by atoms with Gasteiger partial charge in [0.25, 0.3) is 5.91 Å². The van der Waals surface area contributed by atoms with Gasteiger partial charge in [-0.25, -0.2) is 9.38 Å². The molecule has 0 aromatic heterocycles. The quantitative estimate of drug-likeness (QED) is 0.708. The number of nitrogens with zero attached hydrogens (tertiary/aromatic N) is 1. The van der Waals surface area contributed by atoms with Gasteiger partial charge in [-0.1, -0.05) is 45.9 Å². The van der Waals surface area contributed by atoms with Crippen molar-refractivity contribution in [3.8, 4) is 0 Å². The smallest absolute Gasteiger partial charge is 0.257 e. The molecule has 2 heterocycles. The molecule has 1 amide bonds. The highest BCUT2D eigenvalue weighted by Crippen LogP contribution is 2.48. The van der Waals surface area contributed by atoms with Crippen molar-refractivity contribution in [2.75, 3.05) is 12.4 Å². The van der Waals surface area contributed by atoms with E-state index in [0.29, 0.717) is 26.5 Å².